The molecule has 170 valence electrons. The first kappa shape index (κ1) is 22.5. The molecule has 5 atom stereocenters. The monoisotopic (exact) mass is 435 g/mol. The van der Waals surface area contributed by atoms with E-state index in [4.69, 9.17) is 5.73 Å². The summed E-state index contributed by atoms with van der Waals surface area (Å²) < 4.78 is 0. The van der Waals surface area contributed by atoms with Gasteiger partial charge >= 0.3 is 0 Å². The summed E-state index contributed by atoms with van der Waals surface area (Å²) in [4.78, 5) is 26.3. The molecule has 0 aromatic heterocycles. The number of hydrogen-bond acceptors (Lipinski definition) is 4. The summed E-state index contributed by atoms with van der Waals surface area (Å²) in [6.07, 6.45) is 3.12. The zero-order valence-corrected chi connectivity index (χ0v) is 18.6. The molecule has 2 aliphatic rings. The summed E-state index contributed by atoms with van der Waals surface area (Å²) >= 11 is 0. The SMILES string of the molecule is C[C@H](O)C(=O)N(CCC1C2CCC(CC1c1cccc(C(N)=O)c1)N2)Cc1ccccc1. The Bertz CT molecular complexity index is 946. The van der Waals surface area contributed by atoms with Crippen LogP contribution in [0.25, 0.3) is 0 Å². The van der Waals surface area contributed by atoms with Crippen molar-refractivity contribution >= 4 is 11.8 Å². The lowest BCUT2D eigenvalue weighted by Gasteiger charge is -2.39. The van der Waals surface area contributed by atoms with E-state index in [0.717, 1.165) is 36.8 Å². The number of rotatable bonds is 8. The molecule has 2 aromatic carbocycles. The number of fused-ring (bicyclic) bond motifs is 2. The van der Waals surface area contributed by atoms with Gasteiger partial charge in [0.15, 0.2) is 0 Å². The summed E-state index contributed by atoms with van der Waals surface area (Å²) in [5.41, 5.74) is 8.28. The number of primary amides is 1. The molecule has 0 saturated carbocycles. The summed E-state index contributed by atoms with van der Waals surface area (Å²) in [5.74, 6) is 0.0105. The number of amides is 2. The summed E-state index contributed by atoms with van der Waals surface area (Å²) in [6, 6.07) is 18.5. The van der Waals surface area contributed by atoms with Gasteiger partial charge in [-0.05, 0) is 67.7 Å². The number of carbonyl (C=O) groups is 2. The van der Waals surface area contributed by atoms with E-state index in [-0.39, 0.29) is 5.91 Å². The van der Waals surface area contributed by atoms with Crippen molar-refractivity contribution in [2.45, 2.75) is 63.3 Å². The van der Waals surface area contributed by atoms with Gasteiger partial charge in [-0.15, -0.1) is 0 Å². The van der Waals surface area contributed by atoms with Gasteiger partial charge in [0.2, 0.25) is 5.91 Å². The molecule has 2 amide bonds. The molecule has 4 N–H and O–H groups in total. The summed E-state index contributed by atoms with van der Waals surface area (Å²) in [5, 5.41) is 13.7. The molecule has 2 saturated heterocycles. The highest BCUT2D eigenvalue weighted by molar-refractivity contribution is 5.92. The van der Waals surface area contributed by atoms with Gasteiger partial charge in [-0.3, -0.25) is 9.59 Å². The zero-order chi connectivity index (χ0) is 22.7. The first-order chi connectivity index (χ1) is 15.4. The number of piperidine rings is 1. The smallest absolute Gasteiger partial charge is 0.251 e. The first-order valence-electron chi connectivity index (χ1n) is 11.6. The van der Waals surface area contributed by atoms with Gasteiger partial charge in [0.1, 0.15) is 6.10 Å². The van der Waals surface area contributed by atoms with Crippen LogP contribution >= 0.6 is 0 Å². The Hall–Kier alpha value is -2.70. The fourth-order valence-electron chi connectivity index (χ4n) is 5.48. The van der Waals surface area contributed by atoms with Gasteiger partial charge in [-0.25, -0.2) is 0 Å². The standard InChI is InChI=1S/C26H33N3O3/c1-17(30)26(32)29(16-18-6-3-2-4-7-18)13-12-22-23(15-21-10-11-24(22)28-21)19-8-5-9-20(14-19)25(27)31/h2-9,14,17,21-24,28,30H,10-13,15-16H2,1H3,(H2,27,31)/t17-,21?,22?,23?,24?/m0/s1. The molecule has 4 rings (SSSR count). The minimum atomic E-state index is -1.03. The molecule has 0 spiro atoms. The largest absolute Gasteiger partial charge is 0.384 e. The molecule has 2 fully saturated rings. The Morgan fingerprint density at radius 3 is 2.66 bits per heavy atom. The molecule has 6 nitrogen and oxygen atoms in total. The van der Waals surface area contributed by atoms with E-state index in [1.807, 2.05) is 42.5 Å². The molecule has 2 aromatic rings. The van der Waals surface area contributed by atoms with Gasteiger partial charge in [0, 0.05) is 30.7 Å². The number of benzene rings is 2. The van der Waals surface area contributed by atoms with Gasteiger partial charge in [-0.1, -0.05) is 42.5 Å². The van der Waals surface area contributed by atoms with E-state index >= 15 is 0 Å². The number of nitrogens with one attached hydrogen (secondary N) is 1. The van der Waals surface area contributed by atoms with Crippen LogP contribution in [0, 0.1) is 5.92 Å². The zero-order valence-electron chi connectivity index (χ0n) is 18.6. The number of carbonyl (C=O) groups excluding carboxylic acids is 2. The van der Waals surface area contributed by atoms with Crippen LogP contribution in [-0.4, -0.2) is 46.6 Å². The van der Waals surface area contributed by atoms with Crippen molar-refractivity contribution in [3.05, 3.63) is 71.3 Å². The van der Waals surface area contributed by atoms with Crippen LogP contribution in [0.1, 0.15) is 60.0 Å². The van der Waals surface area contributed by atoms with Crippen LogP contribution in [-0.2, 0) is 11.3 Å². The molecule has 32 heavy (non-hydrogen) atoms. The number of nitrogens with two attached hydrogens (primary N) is 1. The lowest BCUT2D eigenvalue weighted by atomic mass is 9.75. The number of aliphatic hydroxyl groups is 1. The Labute approximate surface area is 189 Å². The molecule has 2 heterocycles. The summed E-state index contributed by atoms with van der Waals surface area (Å²) in [7, 11) is 0. The number of aliphatic hydroxyl groups excluding tert-OH is 1. The van der Waals surface area contributed by atoms with Crippen LogP contribution in [0.3, 0.4) is 0 Å². The van der Waals surface area contributed by atoms with Crippen molar-refractivity contribution in [2.75, 3.05) is 6.54 Å². The third-order valence-electron chi connectivity index (χ3n) is 7.06. The third kappa shape index (κ3) is 5.03. The predicted molar refractivity (Wildman–Crippen MR) is 124 cm³/mol. The number of nitrogens with zero attached hydrogens (tertiary/aromatic N) is 1. The van der Waals surface area contributed by atoms with Crippen molar-refractivity contribution in [1.29, 1.82) is 0 Å². The molecule has 0 radical (unpaired) electrons. The Balaban J connectivity index is 1.54. The lowest BCUT2D eigenvalue weighted by molar-refractivity contribution is -0.140. The third-order valence-corrected chi connectivity index (χ3v) is 7.06. The van der Waals surface area contributed by atoms with Gasteiger partial charge < -0.3 is 21.1 Å². The molecule has 2 bridgehead atoms. The predicted octanol–water partition coefficient (Wildman–Crippen LogP) is 2.81. The average Bonchev–Trinajstić information content (AvgIpc) is 3.19. The highest BCUT2D eigenvalue weighted by Crippen LogP contribution is 2.43. The molecule has 4 unspecified atom stereocenters. The van der Waals surface area contributed by atoms with Crippen LogP contribution in [0.2, 0.25) is 0 Å². The summed E-state index contributed by atoms with van der Waals surface area (Å²) in [6.45, 7) is 2.60. The van der Waals surface area contributed by atoms with E-state index in [9.17, 15) is 14.7 Å². The molecule has 2 aliphatic heterocycles. The Morgan fingerprint density at radius 1 is 1.16 bits per heavy atom. The van der Waals surface area contributed by atoms with Gasteiger partial charge in [-0.2, -0.15) is 0 Å². The normalized spacial score (nSPS) is 25.3. The highest BCUT2D eigenvalue weighted by Gasteiger charge is 2.42. The van der Waals surface area contributed by atoms with Crippen molar-refractivity contribution in [2.24, 2.45) is 11.7 Å². The fraction of sp³-hybridized carbons (Fsp3) is 0.462. The molecule has 6 heteroatoms. The van der Waals surface area contributed by atoms with E-state index in [0.29, 0.717) is 42.6 Å². The second-order valence-corrected chi connectivity index (χ2v) is 9.25. The second-order valence-electron chi connectivity index (χ2n) is 9.25. The van der Waals surface area contributed by atoms with E-state index in [1.165, 1.54) is 6.92 Å². The maximum absolute atomic E-state index is 12.8. The Kier molecular flexibility index (Phi) is 6.92. The van der Waals surface area contributed by atoms with Crippen molar-refractivity contribution in [3.63, 3.8) is 0 Å². The fourth-order valence-corrected chi connectivity index (χ4v) is 5.48. The maximum Gasteiger partial charge on any atom is 0.251 e. The van der Waals surface area contributed by atoms with E-state index in [2.05, 4.69) is 11.4 Å². The second kappa shape index (κ2) is 9.84. The average molecular weight is 436 g/mol. The van der Waals surface area contributed by atoms with Crippen LogP contribution in [0.4, 0.5) is 0 Å². The molecular formula is C26H33N3O3. The van der Waals surface area contributed by atoms with Crippen molar-refractivity contribution < 1.29 is 14.7 Å². The minimum Gasteiger partial charge on any atom is -0.384 e. The highest BCUT2D eigenvalue weighted by atomic mass is 16.3. The molecule has 0 aliphatic carbocycles. The van der Waals surface area contributed by atoms with Gasteiger partial charge in [0.05, 0.1) is 0 Å². The van der Waals surface area contributed by atoms with E-state index < -0.39 is 12.0 Å². The maximum atomic E-state index is 12.8. The van der Waals surface area contributed by atoms with Crippen LogP contribution in [0.15, 0.2) is 54.6 Å². The minimum absolute atomic E-state index is 0.241. The topological polar surface area (TPSA) is 95.7 Å². The lowest BCUT2D eigenvalue weighted by Crippen LogP contribution is -2.46. The van der Waals surface area contributed by atoms with Crippen molar-refractivity contribution in [1.82, 2.24) is 10.2 Å². The Morgan fingerprint density at radius 2 is 1.94 bits per heavy atom. The quantitative estimate of drug-likeness (QED) is 0.594. The van der Waals surface area contributed by atoms with Gasteiger partial charge in [0.25, 0.3) is 5.91 Å². The molecular weight excluding hydrogens is 402 g/mol. The van der Waals surface area contributed by atoms with Crippen LogP contribution in [0.5, 0.6) is 0 Å². The number of hydrogen-bond donors (Lipinski definition) is 3. The van der Waals surface area contributed by atoms with Crippen molar-refractivity contribution in [3.8, 4) is 0 Å². The first-order valence-corrected chi connectivity index (χ1v) is 11.6. The van der Waals surface area contributed by atoms with Crippen LogP contribution < -0.4 is 11.1 Å². The van der Waals surface area contributed by atoms with E-state index in [1.54, 1.807) is 11.0 Å².